The number of fused-ring (bicyclic) bond motifs is 1. The molecule has 0 amide bonds. The predicted octanol–water partition coefficient (Wildman–Crippen LogP) is 8.43. The van der Waals surface area contributed by atoms with Crippen LogP contribution in [-0.2, 0) is 24.2 Å². The Hall–Kier alpha value is -4.55. The highest BCUT2D eigenvalue weighted by Gasteiger charge is 2.24. The molecule has 0 unspecified atom stereocenters. The number of ketones is 1. The summed E-state index contributed by atoms with van der Waals surface area (Å²) in [5, 5.41) is 32.7. The lowest BCUT2D eigenvalue weighted by Gasteiger charge is -2.27. The zero-order chi connectivity index (χ0) is 32.3. The fourth-order valence-corrected chi connectivity index (χ4v) is 6.24. The summed E-state index contributed by atoms with van der Waals surface area (Å²) >= 11 is 0. The van der Waals surface area contributed by atoms with Gasteiger partial charge in [-0.25, -0.2) is 0 Å². The molecule has 4 aromatic carbocycles. The van der Waals surface area contributed by atoms with Gasteiger partial charge >= 0.3 is 0 Å². The van der Waals surface area contributed by atoms with Crippen LogP contribution in [0.1, 0.15) is 55.2 Å². The molecule has 0 radical (unpaired) electrons. The lowest BCUT2D eigenvalue weighted by atomic mass is 9.80. The van der Waals surface area contributed by atoms with Crippen molar-refractivity contribution < 1.29 is 29.6 Å². The zero-order valence-electron chi connectivity index (χ0n) is 26.5. The van der Waals surface area contributed by atoms with Crippen molar-refractivity contribution in [2.75, 3.05) is 7.11 Å². The number of aryl methyl sites for hydroxylation is 2. The molecule has 4 aromatic rings. The van der Waals surface area contributed by atoms with Crippen molar-refractivity contribution in [2.24, 2.45) is 11.8 Å². The van der Waals surface area contributed by atoms with Gasteiger partial charge in [0.2, 0.25) is 0 Å². The molecule has 6 heteroatoms. The average molecular weight is 621 g/mol. The topological polar surface area (TPSA) is 96.2 Å². The summed E-state index contributed by atoms with van der Waals surface area (Å²) in [6, 6.07) is 27.4. The number of hydrogen-bond acceptors (Lipinski definition) is 6. The number of aromatic hydroxyl groups is 1. The van der Waals surface area contributed by atoms with Crippen molar-refractivity contribution >= 4 is 16.6 Å². The number of unbranched alkanes of at least 4 members (excludes halogenated alkanes) is 1. The van der Waals surface area contributed by atoms with E-state index >= 15 is 0 Å². The maximum atomic E-state index is 12.9. The fraction of sp³-hybridized carbons (Fsp3) is 0.325. The van der Waals surface area contributed by atoms with Crippen LogP contribution >= 0.6 is 0 Å². The molecule has 3 N–H and O–H groups in total. The number of benzene rings is 4. The Morgan fingerprint density at radius 1 is 0.804 bits per heavy atom. The third-order valence-electron chi connectivity index (χ3n) is 8.76. The van der Waals surface area contributed by atoms with Crippen LogP contribution in [-0.4, -0.2) is 34.3 Å². The number of rotatable bonds is 16. The number of hydrogen-bond donors (Lipinski definition) is 3. The quantitative estimate of drug-likeness (QED) is 0.109. The van der Waals surface area contributed by atoms with Gasteiger partial charge in [0.1, 0.15) is 23.9 Å². The smallest absolute Gasteiger partial charge is 0.161 e. The average Bonchev–Trinajstić information content (AvgIpc) is 3.06. The van der Waals surface area contributed by atoms with E-state index in [0.29, 0.717) is 37.4 Å². The Bertz CT molecular complexity index is 1660. The van der Waals surface area contributed by atoms with Gasteiger partial charge in [-0.1, -0.05) is 67.1 Å². The van der Waals surface area contributed by atoms with Crippen LogP contribution in [0.5, 0.6) is 17.2 Å². The minimum atomic E-state index is -0.763. The van der Waals surface area contributed by atoms with Crippen LogP contribution in [0.2, 0.25) is 0 Å². The Labute approximate surface area is 271 Å². The first-order valence-electron chi connectivity index (χ1n) is 16.2. The maximum absolute atomic E-state index is 12.9. The second kappa shape index (κ2) is 16.1. The van der Waals surface area contributed by atoms with E-state index < -0.39 is 6.10 Å². The second-order valence-electron chi connectivity index (χ2n) is 12.3. The molecule has 240 valence electrons. The first kappa shape index (κ1) is 32.8. The molecule has 0 fully saturated rings. The molecule has 1 aliphatic rings. The molecule has 6 nitrogen and oxygen atoms in total. The summed E-state index contributed by atoms with van der Waals surface area (Å²) in [4.78, 5) is 12.9. The standard InChI is InChI=1S/C40H44O6/c1-45-39-20-13-29(22-40(39)46-27-30-11-14-33-23-35(41)19-16-32(33)21-30)12-17-37(43)26-38(44)25-34-24-36(42)18-15-31(34)10-6-5-9-28-7-3-2-4-8-28/h2-4,7-8,11,13-16,18-24,31,34,38,41-42,44H,5-6,9-10,12,17,25-27H2,1H3/t31-,34-,38-/m0/s1. The monoisotopic (exact) mass is 620 g/mol. The Kier molecular flexibility index (Phi) is 11.5. The van der Waals surface area contributed by atoms with Crippen LogP contribution in [0.15, 0.2) is 109 Å². The number of phenols is 1. The number of Topliss-reactive ketones (excluding diaryl/α,β-unsaturated/α-hetero) is 1. The third kappa shape index (κ3) is 9.48. The number of ether oxygens (including phenoxy) is 2. The zero-order valence-corrected chi connectivity index (χ0v) is 26.5. The van der Waals surface area contributed by atoms with E-state index in [9.17, 15) is 20.1 Å². The number of allylic oxidation sites excluding steroid dienone is 3. The minimum Gasteiger partial charge on any atom is -0.508 e. The third-order valence-corrected chi connectivity index (χ3v) is 8.76. The number of carbonyl (C=O) groups excluding carboxylic acids is 1. The molecule has 0 aromatic heterocycles. The number of phenolic OH excluding ortho intramolecular Hbond substituents is 1. The molecule has 5 rings (SSSR count). The lowest BCUT2D eigenvalue weighted by Crippen LogP contribution is -2.23. The summed E-state index contributed by atoms with van der Waals surface area (Å²) in [6.45, 7) is 0.343. The summed E-state index contributed by atoms with van der Waals surface area (Å²) in [5.74, 6) is 1.92. The summed E-state index contributed by atoms with van der Waals surface area (Å²) in [7, 11) is 1.60. The summed E-state index contributed by atoms with van der Waals surface area (Å²) in [6.07, 6.45) is 10.4. The van der Waals surface area contributed by atoms with Gasteiger partial charge < -0.3 is 24.8 Å². The molecule has 0 bridgehead atoms. The largest absolute Gasteiger partial charge is 0.508 e. The molecule has 46 heavy (non-hydrogen) atoms. The molecule has 0 aliphatic heterocycles. The molecule has 0 heterocycles. The van der Waals surface area contributed by atoms with Gasteiger partial charge in [-0.15, -0.1) is 0 Å². The highest BCUT2D eigenvalue weighted by molar-refractivity contribution is 5.84. The van der Waals surface area contributed by atoms with Gasteiger partial charge in [0.25, 0.3) is 0 Å². The number of methoxy groups -OCH3 is 1. The van der Waals surface area contributed by atoms with Gasteiger partial charge in [-0.3, -0.25) is 4.79 Å². The molecule has 1 aliphatic carbocycles. The van der Waals surface area contributed by atoms with Crippen molar-refractivity contribution in [1.82, 2.24) is 0 Å². The fourth-order valence-electron chi connectivity index (χ4n) is 6.24. The Morgan fingerprint density at radius 2 is 1.59 bits per heavy atom. The van der Waals surface area contributed by atoms with Crippen molar-refractivity contribution in [3.63, 3.8) is 0 Å². The summed E-state index contributed by atoms with van der Waals surface area (Å²) in [5.41, 5.74) is 3.28. The van der Waals surface area contributed by atoms with E-state index in [1.165, 1.54) is 5.56 Å². The van der Waals surface area contributed by atoms with Gasteiger partial charge in [0, 0.05) is 12.8 Å². The van der Waals surface area contributed by atoms with Gasteiger partial charge in [-0.05, 0) is 114 Å². The first-order chi connectivity index (χ1) is 22.4. The number of carbonyl (C=O) groups is 1. The normalized spacial score (nSPS) is 16.6. The van der Waals surface area contributed by atoms with Crippen molar-refractivity contribution in [2.45, 2.75) is 64.1 Å². The van der Waals surface area contributed by atoms with E-state index in [1.807, 2.05) is 60.7 Å². The van der Waals surface area contributed by atoms with Crippen molar-refractivity contribution in [3.05, 3.63) is 126 Å². The van der Waals surface area contributed by atoms with E-state index in [4.69, 9.17) is 9.47 Å². The molecule has 0 spiro atoms. The van der Waals surface area contributed by atoms with Gasteiger partial charge in [0.05, 0.1) is 13.2 Å². The van der Waals surface area contributed by atoms with Crippen LogP contribution in [0.4, 0.5) is 0 Å². The van der Waals surface area contributed by atoms with Crippen LogP contribution in [0.3, 0.4) is 0 Å². The SMILES string of the molecule is COc1ccc(CCC(=O)C[C@@H](O)C[C@@H]2C=C(O)C=C[C@@H]2CCCCc2ccccc2)cc1OCc1ccc2cc(O)ccc2c1. The van der Waals surface area contributed by atoms with Crippen molar-refractivity contribution in [3.8, 4) is 17.2 Å². The van der Waals surface area contributed by atoms with Crippen LogP contribution in [0.25, 0.3) is 10.8 Å². The lowest BCUT2D eigenvalue weighted by molar-refractivity contribution is -0.121. The molecule has 3 atom stereocenters. The van der Waals surface area contributed by atoms with Crippen molar-refractivity contribution in [1.29, 1.82) is 0 Å². The first-order valence-corrected chi connectivity index (χ1v) is 16.2. The predicted molar refractivity (Wildman–Crippen MR) is 182 cm³/mol. The molecule has 0 saturated heterocycles. The number of aliphatic hydroxyl groups excluding tert-OH is 2. The van der Waals surface area contributed by atoms with Gasteiger partial charge in [0.15, 0.2) is 11.5 Å². The maximum Gasteiger partial charge on any atom is 0.161 e. The Morgan fingerprint density at radius 3 is 2.41 bits per heavy atom. The highest BCUT2D eigenvalue weighted by atomic mass is 16.5. The van der Waals surface area contributed by atoms with E-state index in [0.717, 1.165) is 47.6 Å². The van der Waals surface area contributed by atoms with Gasteiger partial charge in [-0.2, -0.15) is 0 Å². The van der Waals surface area contributed by atoms with E-state index in [1.54, 1.807) is 25.3 Å². The number of aliphatic hydroxyl groups is 2. The minimum absolute atomic E-state index is 0.000531. The highest BCUT2D eigenvalue weighted by Crippen LogP contribution is 2.32. The Balaban J connectivity index is 1.09. The van der Waals surface area contributed by atoms with E-state index in [-0.39, 0.29) is 35.5 Å². The summed E-state index contributed by atoms with van der Waals surface area (Å²) < 4.78 is 11.6. The van der Waals surface area contributed by atoms with Crippen LogP contribution < -0.4 is 9.47 Å². The molecular weight excluding hydrogens is 576 g/mol. The molecular formula is C40H44O6. The van der Waals surface area contributed by atoms with E-state index in [2.05, 4.69) is 24.3 Å². The van der Waals surface area contributed by atoms with Crippen LogP contribution in [0, 0.1) is 11.8 Å². The molecule has 0 saturated carbocycles. The second-order valence-corrected chi connectivity index (χ2v) is 12.3.